The van der Waals surface area contributed by atoms with E-state index in [-0.39, 0.29) is 59.5 Å². The Balaban J connectivity index is 1.42. The first-order valence-corrected chi connectivity index (χ1v) is 25.3. The predicted octanol–water partition coefficient (Wildman–Crippen LogP) is 4.80. The van der Waals surface area contributed by atoms with Gasteiger partial charge in [0.25, 0.3) is 5.91 Å². The van der Waals surface area contributed by atoms with Gasteiger partial charge in [0.1, 0.15) is 41.8 Å². The van der Waals surface area contributed by atoms with Crippen molar-refractivity contribution < 1.29 is 81.8 Å². The zero-order valence-electron chi connectivity index (χ0n) is 44.0. The number of amides is 2. The predicted molar refractivity (Wildman–Crippen MR) is 268 cm³/mol. The summed E-state index contributed by atoms with van der Waals surface area (Å²) in [6, 6.07) is 20.8. The van der Waals surface area contributed by atoms with Crippen LogP contribution in [0.5, 0.6) is 0 Å². The number of nitrogens with one attached hydrogen (secondary N) is 2. The number of rotatable bonds is 17. The van der Waals surface area contributed by atoms with E-state index < -0.39 is 136 Å². The molecule has 1 saturated heterocycles. The monoisotopic (exact) mass is 1050 g/mol. The Morgan fingerprint density at radius 3 is 1.89 bits per heavy atom. The van der Waals surface area contributed by atoms with Crippen molar-refractivity contribution in [3.8, 4) is 0 Å². The number of esters is 5. The van der Waals surface area contributed by atoms with Gasteiger partial charge in [0.15, 0.2) is 17.5 Å². The Hall–Kier alpha value is -7.09. The van der Waals surface area contributed by atoms with Gasteiger partial charge in [-0.1, -0.05) is 94.4 Å². The molecule has 76 heavy (non-hydrogen) atoms. The maximum Gasteiger partial charge on any atom is 0.350 e. The average Bonchev–Trinajstić information content (AvgIpc) is 3.37. The molecular formula is C57H66N2O17. The second kappa shape index (κ2) is 22.2. The molecule has 2 saturated carbocycles. The van der Waals surface area contributed by atoms with Gasteiger partial charge in [-0.05, 0) is 67.7 Å². The number of ether oxygens (including phenoxy) is 6. The van der Waals surface area contributed by atoms with Crippen LogP contribution in [-0.4, -0.2) is 124 Å². The lowest BCUT2D eigenvalue weighted by atomic mass is 9.44. The van der Waals surface area contributed by atoms with Crippen LogP contribution in [0.4, 0.5) is 0 Å². The lowest BCUT2D eigenvalue weighted by molar-refractivity contribution is -0.346. The molecule has 3 aromatic carbocycles. The maximum atomic E-state index is 15.8. The van der Waals surface area contributed by atoms with Crippen LogP contribution in [0.2, 0.25) is 0 Å². The number of aliphatic hydroxyl groups excluding tert-OH is 1. The van der Waals surface area contributed by atoms with Crippen molar-refractivity contribution in [2.75, 3.05) is 6.61 Å². The molecule has 0 unspecified atom stereocenters. The lowest BCUT2D eigenvalue weighted by Crippen LogP contribution is -2.82. The van der Waals surface area contributed by atoms with Crippen LogP contribution >= 0.6 is 0 Å². The molecule has 19 heteroatoms. The van der Waals surface area contributed by atoms with E-state index in [0.717, 1.165) is 13.8 Å². The second-order valence-corrected chi connectivity index (χ2v) is 21.3. The van der Waals surface area contributed by atoms with E-state index in [4.69, 9.17) is 28.4 Å². The van der Waals surface area contributed by atoms with Crippen LogP contribution in [0, 0.1) is 22.7 Å². The molecule has 0 radical (unpaired) electrons. The lowest BCUT2D eigenvalue weighted by Gasteiger charge is -2.67. The normalized spacial score (nSPS) is 28.4. The zero-order chi connectivity index (χ0) is 55.7. The highest BCUT2D eigenvalue weighted by Gasteiger charge is 2.78. The van der Waals surface area contributed by atoms with Crippen molar-refractivity contribution in [3.05, 3.63) is 119 Å². The third-order valence-corrected chi connectivity index (χ3v) is 15.6. The molecule has 4 N–H and O–H groups in total. The summed E-state index contributed by atoms with van der Waals surface area (Å²) in [7, 11) is 0. The third-order valence-electron chi connectivity index (χ3n) is 15.6. The van der Waals surface area contributed by atoms with Crippen LogP contribution in [0.3, 0.4) is 0 Å². The number of fused-ring (bicyclic) bond motifs is 5. The quantitative estimate of drug-likeness (QED) is 0.0803. The van der Waals surface area contributed by atoms with E-state index in [0.29, 0.717) is 0 Å². The summed E-state index contributed by atoms with van der Waals surface area (Å²) in [5, 5.41) is 31.7. The fourth-order valence-corrected chi connectivity index (χ4v) is 11.5. The van der Waals surface area contributed by atoms with Crippen molar-refractivity contribution in [2.45, 2.75) is 148 Å². The molecular weight excluding hydrogens is 985 g/mol. The van der Waals surface area contributed by atoms with E-state index in [1.165, 1.54) is 58.9 Å². The Labute approximate surface area is 440 Å². The Kier molecular flexibility index (Phi) is 16.6. The van der Waals surface area contributed by atoms with Crippen LogP contribution in [-0.2, 0) is 62.0 Å². The summed E-state index contributed by atoms with van der Waals surface area (Å²) in [6.07, 6.45) is -11.6. The van der Waals surface area contributed by atoms with Crippen molar-refractivity contribution in [1.29, 1.82) is 0 Å². The number of carbonyl (C=O) groups excluding carboxylic acids is 9. The molecule has 7 rings (SSSR count). The fourth-order valence-electron chi connectivity index (χ4n) is 11.5. The number of hydrogen-bond donors (Lipinski definition) is 4. The number of ketones is 2. The molecule has 2 amide bonds. The summed E-state index contributed by atoms with van der Waals surface area (Å²) >= 11 is 0. The van der Waals surface area contributed by atoms with Gasteiger partial charge in [0.05, 0.1) is 29.6 Å². The molecule has 3 fully saturated rings. The van der Waals surface area contributed by atoms with Crippen molar-refractivity contribution in [2.24, 2.45) is 22.7 Å². The summed E-state index contributed by atoms with van der Waals surface area (Å²) in [4.78, 5) is 126. The second-order valence-electron chi connectivity index (χ2n) is 21.3. The first-order chi connectivity index (χ1) is 35.8. The molecule has 0 aromatic heterocycles. The number of carbonyl (C=O) groups is 9. The molecule has 3 aliphatic carbocycles. The van der Waals surface area contributed by atoms with Crippen LogP contribution in [0.15, 0.2) is 102 Å². The Bertz CT molecular complexity index is 2780. The number of aliphatic hydroxyl groups is 2. The SMILES string of the molecule is CC(=O)CCC(=O)N[C@H](C(=O)O[C@@H](C(=O)O[C@H]1C[C@@]2(O)[C@@H](OC(=O)c3ccccc3)[C@@H]3[C@]4(OC(C)=O)CO[C@@H]4C[C@H](O)[C@@]3(C)C(=O)[C@H](OC(C)=O)C(=C1C)C2(C)C)[C@@H](NC(=O)c1ccccc1)c1ccccc1)C(C)C. The van der Waals surface area contributed by atoms with Gasteiger partial charge in [-0.3, -0.25) is 24.0 Å². The summed E-state index contributed by atoms with van der Waals surface area (Å²) < 4.78 is 37.0. The highest BCUT2D eigenvalue weighted by atomic mass is 16.6. The molecule has 1 aliphatic heterocycles. The van der Waals surface area contributed by atoms with Gasteiger partial charge in [0, 0.05) is 50.5 Å². The van der Waals surface area contributed by atoms with Crippen LogP contribution in [0.1, 0.15) is 120 Å². The summed E-state index contributed by atoms with van der Waals surface area (Å²) in [6.45, 7) is 12.3. The van der Waals surface area contributed by atoms with Gasteiger partial charge in [-0.2, -0.15) is 0 Å². The van der Waals surface area contributed by atoms with Gasteiger partial charge < -0.3 is 54.1 Å². The molecule has 12 atom stereocenters. The van der Waals surface area contributed by atoms with Crippen LogP contribution < -0.4 is 10.6 Å². The number of Topliss-reactive ketones (excluding diaryl/α,β-unsaturated/α-hetero) is 2. The molecule has 3 aromatic rings. The van der Waals surface area contributed by atoms with E-state index in [1.54, 1.807) is 80.6 Å². The molecule has 4 aliphatic rings. The highest BCUT2D eigenvalue weighted by Crippen LogP contribution is 2.64. The van der Waals surface area contributed by atoms with Crippen molar-refractivity contribution >= 4 is 53.2 Å². The fraction of sp³-hybridized carbons (Fsp3) is 0.491. The Morgan fingerprint density at radius 2 is 1.36 bits per heavy atom. The Morgan fingerprint density at radius 1 is 0.763 bits per heavy atom. The third kappa shape index (κ3) is 10.7. The minimum Gasteiger partial charge on any atom is -0.455 e. The van der Waals surface area contributed by atoms with E-state index in [1.807, 2.05) is 0 Å². The summed E-state index contributed by atoms with van der Waals surface area (Å²) in [5.74, 6) is -10.0. The van der Waals surface area contributed by atoms with Crippen LogP contribution in [0.25, 0.3) is 0 Å². The first-order valence-electron chi connectivity index (χ1n) is 25.3. The maximum absolute atomic E-state index is 15.8. The highest BCUT2D eigenvalue weighted by molar-refractivity contribution is 5.97. The molecule has 0 spiro atoms. The van der Waals surface area contributed by atoms with E-state index in [9.17, 15) is 43.8 Å². The van der Waals surface area contributed by atoms with Crippen molar-refractivity contribution in [1.82, 2.24) is 10.6 Å². The standard InChI is InChI=1S/C57H66N2O17/c1-30(2)43(58-41(64)26-25-31(3)60)52(68)74-46(44(35-19-13-10-14-20-35)59-50(66)36-21-15-11-16-22-36)53(69)73-38-28-57(70)49(75-51(67)37-23-17-12-18-24-37)47-55(9,39(63)27-40-56(47,29-71-40)76-34(6)62)48(65)45(72-33(5)61)42(32(38)4)54(57,7)8/h10-24,30,38-40,43-47,49,63,70H,25-29H2,1-9H3,(H,58,64)(H,59,66)/t38-,39-,40+,43-,44-,45+,46+,47-,49-,55+,56-,57+/m0/s1. The topological polar surface area (TPSA) is 274 Å². The smallest absolute Gasteiger partial charge is 0.350 e. The van der Waals surface area contributed by atoms with Gasteiger partial charge in [-0.15, -0.1) is 0 Å². The minimum atomic E-state index is -2.52. The molecule has 1 heterocycles. The number of benzene rings is 3. The minimum absolute atomic E-state index is 0.0192. The average molecular weight is 1050 g/mol. The largest absolute Gasteiger partial charge is 0.455 e. The van der Waals surface area contributed by atoms with Gasteiger partial charge in [0.2, 0.25) is 12.0 Å². The molecule has 2 bridgehead atoms. The van der Waals surface area contributed by atoms with Crippen molar-refractivity contribution in [3.63, 3.8) is 0 Å². The number of hydrogen-bond acceptors (Lipinski definition) is 17. The summed E-state index contributed by atoms with van der Waals surface area (Å²) in [5.41, 5.74) is -7.85. The first kappa shape index (κ1) is 56.6. The molecule has 406 valence electrons. The van der Waals surface area contributed by atoms with Gasteiger partial charge >= 0.3 is 29.8 Å². The van der Waals surface area contributed by atoms with E-state index in [2.05, 4.69) is 10.6 Å². The molecule has 19 nitrogen and oxygen atoms in total. The van der Waals surface area contributed by atoms with Gasteiger partial charge in [-0.25, -0.2) is 14.4 Å². The zero-order valence-corrected chi connectivity index (χ0v) is 44.0. The van der Waals surface area contributed by atoms with E-state index >= 15 is 9.59 Å².